The van der Waals surface area contributed by atoms with Gasteiger partial charge in [-0.3, -0.25) is 0 Å². The number of urea groups is 1. The van der Waals surface area contributed by atoms with Crippen molar-refractivity contribution in [1.29, 1.82) is 0 Å². The molecule has 24 heavy (non-hydrogen) atoms. The molecule has 1 saturated heterocycles. The molecule has 0 spiro atoms. The monoisotopic (exact) mass is 332 g/mol. The van der Waals surface area contributed by atoms with Crippen LogP contribution in [0.1, 0.15) is 56.5 Å². The average Bonchev–Trinajstić information content (AvgIpc) is 2.55. The van der Waals surface area contributed by atoms with Gasteiger partial charge in [0.25, 0.3) is 0 Å². The van der Waals surface area contributed by atoms with Crippen LogP contribution in [-0.4, -0.2) is 46.1 Å². The summed E-state index contributed by atoms with van der Waals surface area (Å²) in [5.41, 5.74) is 0.918. The summed E-state index contributed by atoms with van der Waals surface area (Å²) in [7, 11) is 0. The molecule has 132 valence electrons. The van der Waals surface area contributed by atoms with Gasteiger partial charge in [0.15, 0.2) is 0 Å². The second kappa shape index (κ2) is 7.81. The highest BCUT2D eigenvalue weighted by Crippen LogP contribution is 2.20. The van der Waals surface area contributed by atoms with E-state index in [1.165, 1.54) is 19.3 Å². The summed E-state index contributed by atoms with van der Waals surface area (Å²) in [5, 5.41) is 3.19. The lowest BCUT2D eigenvalue weighted by Crippen LogP contribution is -2.49. The standard InChI is InChI=1S/C18H28N4O2/c1-13-12-17(20-14(2)19-13)24-16-8-10-22(11-9-16)18(23)21-15-6-4-3-5-7-15/h12,15-16H,3-11H2,1-2H3,(H,21,23). The van der Waals surface area contributed by atoms with Crippen LogP contribution in [0.2, 0.25) is 0 Å². The second-order valence-corrected chi connectivity index (χ2v) is 6.98. The lowest BCUT2D eigenvalue weighted by Gasteiger charge is -2.33. The number of ether oxygens (including phenoxy) is 1. The van der Waals surface area contributed by atoms with Gasteiger partial charge in [0.2, 0.25) is 5.88 Å². The van der Waals surface area contributed by atoms with Crippen LogP contribution in [0.15, 0.2) is 6.07 Å². The molecule has 2 amide bonds. The predicted octanol–water partition coefficient (Wildman–Crippen LogP) is 2.98. The molecule has 2 aliphatic rings. The summed E-state index contributed by atoms with van der Waals surface area (Å²) in [5.74, 6) is 1.37. The first-order valence-corrected chi connectivity index (χ1v) is 9.14. The minimum atomic E-state index is 0.0917. The Morgan fingerprint density at radius 2 is 1.83 bits per heavy atom. The fourth-order valence-electron chi connectivity index (χ4n) is 3.60. The maximum absolute atomic E-state index is 12.4. The summed E-state index contributed by atoms with van der Waals surface area (Å²) in [6, 6.07) is 2.33. The third-order valence-electron chi connectivity index (χ3n) is 4.89. The van der Waals surface area contributed by atoms with Gasteiger partial charge in [-0.05, 0) is 26.7 Å². The second-order valence-electron chi connectivity index (χ2n) is 6.98. The average molecular weight is 332 g/mol. The van der Waals surface area contributed by atoms with Crippen molar-refractivity contribution in [3.63, 3.8) is 0 Å². The Morgan fingerprint density at radius 1 is 1.12 bits per heavy atom. The molecule has 0 bridgehead atoms. The zero-order valence-electron chi connectivity index (χ0n) is 14.8. The maximum Gasteiger partial charge on any atom is 0.317 e. The van der Waals surface area contributed by atoms with Crippen molar-refractivity contribution in [2.75, 3.05) is 13.1 Å². The van der Waals surface area contributed by atoms with Crippen molar-refractivity contribution in [3.8, 4) is 5.88 Å². The van der Waals surface area contributed by atoms with Crippen molar-refractivity contribution in [3.05, 3.63) is 17.6 Å². The van der Waals surface area contributed by atoms with E-state index in [-0.39, 0.29) is 12.1 Å². The molecule has 1 aromatic heterocycles. The molecule has 1 saturated carbocycles. The molecule has 0 atom stereocenters. The van der Waals surface area contributed by atoms with Crippen molar-refractivity contribution >= 4 is 6.03 Å². The number of rotatable bonds is 3. The number of nitrogens with zero attached hydrogens (tertiary/aromatic N) is 3. The number of carbonyl (C=O) groups is 1. The van der Waals surface area contributed by atoms with Gasteiger partial charge in [0, 0.05) is 43.7 Å². The zero-order chi connectivity index (χ0) is 16.9. The first-order chi connectivity index (χ1) is 11.6. The molecule has 0 radical (unpaired) electrons. The van der Waals surface area contributed by atoms with E-state index in [4.69, 9.17) is 4.74 Å². The van der Waals surface area contributed by atoms with Crippen molar-refractivity contribution < 1.29 is 9.53 Å². The topological polar surface area (TPSA) is 67.3 Å². The summed E-state index contributed by atoms with van der Waals surface area (Å²) in [4.78, 5) is 22.9. The molecule has 0 unspecified atom stereocenters. The molecule has 2 fully saturated rings. The normalized spacial score (nSPS) is 20.0. The summed E-state index contributed by atoms with van der Waals surface area (Å²) in [6.07, 6.45) is 7.84. The van der Waals surface area contributed by atoms with E-state index in [0.29, 0.717) is 11.9 Å². The van der Waals surface area contributed by atoms with Gasteiger partial charge in [-0.1, -0.05) is 19.3 Å². The number of carbonyl (C=O) groups excluding carboxylic acids is 1. The van der Waals surface area contributed by atoms with Gasteiger partial charge in [-0.2, -0.15) is 4.98 Å². The van der Waals surface area contributed by atoms with E-state index < -0.39 is 0 Å². The number of piperidine rings is 1. The minimum absolute atomic E-state index is 0.0917. The van der Waals surface area contributed by atoms with E-state index in [0.717, 1.165) is 50.3 Å². The fraction of sp³-hybridized carbons (Fsp3) is 0.722. The molecule has 3 rings (SSSR count). The van der Waals surface area contributed by atoms with Crippen molar-refractivity contribution in [1.82, 2.24) is 20.2 Å². The summed E-state index contributed by atoms with van der Waals surface area (Å²) in [6.45, 7) is 5.30. The SMILES string of the molecule is Cc1cc(OC2CCN(C(=O)NC3CCCCC3)CC2)nc(C)n1. The van der Waals surface area contributed by atoms with Crippen LogP contribution in [0, 0.1) is 13.8 Å². The quantitative estimate of drug-likeness (QED) is 0.924. The van der Waals surface area contributed by atoms with E-state index in [1.807, 2.05) is 24.8 Å². The molecule has 6 nitrogen and oxygen atoms in total. The van der Waals surface area contributed by atoms with Crippen LogP contribution >= 0.6 is 0 Å². The summed E-state index contributed by atoms with van der Waals surface area (Å²) >= 11 is 0. The largest absolute Gasteiger partial charge is 0.474 e. The Kier molecular flexibility index (Phi) is 5.53. The van der Waals surface area contributed by atoms with Gasteiger partial charge in [0.05, 0.1) is 0 Å². The number of amides is 2. The van der Waals surface area contributed by atoms with Crippen LogP contribution in [-0.2, 0) is 0 Å². The highest BCUT2D eigenvalue weighted by Gasteiger charge is 2.26. The highest BCUT2D eigenvalue weighted by molar-refractivity contribution is 5.74. The minimum Gasteiger partial charge on any atom is -0.474 e. The van der Waals surface area contributed by atoms with Gasteiger partial charge < -0.3 is 15.0 Å². The van der Waals surface area contributed by atoms with Crippen LogP contribution < -0.4 is 10.1 Å². The highest BCUT2D eigenvalue weighted by atomic mass is 16.5. The van der Waals surface area contributed by atoms with Crippen LogP contribution in [0.5, 0.6) is 5.88 Å². The predicted molar refractivity (Wildman–Crippen MR) is 92.1 cm³/mol. The number of likely N-dealkylation sites (tertiary alicyclic amines) is 1. The number of nitrogens with one attached hydrogen (secondary N) is 1. The third-order valence-corrected chi connectivity index (χ3v) is 4.89. The Hall–Kier alpha value is -1.85. The van der Waals surface area contributed by atoms with E-state index in [2.05, 4.69) is 15.3 Å². The molecule has 1 aliphatic heterocycles. The molecule has 1 N–H and O–H groups in total. The first kappa shape index (κ1) is 17.0. The van der Waals surface area contributed by atoms with Gasteiger partial charge in [-0.25, -0.2) is 9.78 Å². The van der Waals surface area contributed by atoms with Crippen LogP contribution in [0.3, 0.4) is 0 Å². The fourth-order valence-corrected chi connectivity index (χ4v) is 3.60. The number of hydrogen-bond donors (Lipinski definition) is 1. The van der Waals surface area contributed by atoms with Gasteiger partial charge in [-0.15, -0.1) is 0 Å². The van der Waals surface area contributed by atoms with E-state index in [9.17, 15) is 4.79 Å². The van der Waals surface area contributed by atoms with Crippen molar-refractivity contribution in [2.45, 2.75) is 70.9 Å². The molecular formula is C18H28N4O2. The number of hydrogen-bond acceptors (Lipinski definition) is 4. The van der Waals surface area contributed by atoms with E-state index in [1.54, 1.807) is 0 Å². The number of aromatic nitrogens is 2. The Bertz CT molecular complexity index is 544. The lowest BCUT2D eigenvalue weighted by molar-refractivity contribution is 0.105. The molecule has 6 heteroatoms. The third kappa shape index (κ3) is 4.58. The van der Waals surface area contributed by atoms with E-state index >= 15 is 0 Å². The lowest BCUT2D eigenvalue weighted by atomic mass is 9.96. The Labute approximate surface area is 144 Å². The molecular weight excluding hydrogens is 304 g/mol. The Balaban J connectivity index is 1.45. The van der Waals surface area contributed by atoms with Crippen LogP contribution in [0.4, 0.5) is 4.79 Å². The smallest absolute Gasteiger partial charge is 0.317 e. The summed E-state index contributed by atoms with van der Waals surface area (Å²) < 4.78 is 5.99. The van der Waals surface area contributed by atoms with Gasteiger partial charge in [0.1, 0.15) is 11.9 Å². The molecule has 0 aromatic carbocycles. The zero-order valence-corrected chi connectivity index (χ0v) is 14.8. The van der Waals surface area contributed by atoms with Gasteiger partial charge >= 0.3 is 6.03 Å². The molecule has 1 aromatic rings. The van der Waals surface area contributed by atoms with Crippen molar-refractivity contribution in [2.24, 2.45) is 0 Å². The maximum atomic E-state index is 12.4. The van der Waals surface area contributed by atoms with Crippen LogP contribution in [0.25, 0.3) is 0 Å². The number of aryl methyl sites for hydroxylation is 2. The Morgan fingerprint density at radius 3 is 2.50 bits per heavy atom. The molecule has 2 heterocycles. The first-order valence-electron chi connectivity index (χ1n) is 9.14. The molecule has 1 aliphatic carbocycles.